The zero-order chi connectivity index (χ0) is 14.0. The van der Waals surface area contributed by atoms with Gasteiger partial charge in [0.05, 0.1) is 11.0 Å². The number of aromatic nitrogens is 1. The summed E-state index contributed by atoms with van der Waals surface area (Å²) in [5, 5.41) is 9.17. The largest absolute Gasteiger partial charge is 0.481 e. The molecule has 0 aromatic carbocycles. The van der Waals surface area contributed by atoms with Gasteiger partial charge in [-0.05, 0) is 31.9 Å². The van der Waals surface area contributed by atoms with Crippen molar-refractivity contribution >= 4 is 17.7 Å². The van der Waals surface area contributed by atoms with Gasteiger partial charge in [0, 0.05) is 19.3 Å². The summed E-state index contributed by atoms with van der Waals surface area (Å²) in [6.45, 7) is 3.06. The second-order valence-electron chi connectivity index (χ2n) is 5.12. The highest BCUT2D eigenvalue weighted by Gasteiger charge is 2.37. The number of pyridine rings is 1. The lowest BCUT2D eigenvalue weighted by Gasteiger charge is -2.37. The van der Waals surface area contributed by atoms with Crippen LogP contribution in [0.3, 0.4) is 0 Å². The lowest BCUT2D eigenvalue weighted by molar-refractivity contribution is -0.149. The van der Waals surface area contributed by atoms with Crippen molar-refractivity contribution in [3.63, 3.8) is 0 Å². The van der Waals surface area contributed by atoms with E-state index in [2.05, 4.69) is 4.98 Å². The molecule has 1 amide bonds. The summed E-state index contributed by atoms with van der Waals surface area (Å²) in [4.78, 5) is 28.3. The maximum absolute atomic E-state index is 11.2. The van der Waals surface area contributed by atoms with Crippen molar-refractivity contribution in [3.8, 4) is 0 Å². The van der Waals surface area contributed by atoms with Crippen LogP contribution in [0.4, 0.5) is 5.82 Å². The molecule has 0 aliphatic carbocycles. The van der Waals surface area contributed by atoms with Crippen LogP contribution >= 0.6 is 0 Å². The van der Waals surface area contributed by atoms with E-state index in [4.69, 9.17) is 10.8 Å². The number of carboxylic acids is 1. The van der Waals surface area contributed by atoms with Gasteiger partial charge in [0.15, 0.2) is 0 Å². The van der Waals surface area contributed by atoms with Gasteiger partial charge in [-0.25, -0.2) is 4.98 Å². The summed E-state index contributed by atoms with van der Waals surface area (Å²) in [5.74, 6) is -0.502. The molecule has 1 aliphatic heterocycles. The lowest BCUT2D eigenvalue weighted by atomic mass is 9.80. The third-order valence-corrected chi connectivity index (χ3v) is 3.74. The predicted octanol–water partition coefficient (Wildman–Crippen LogP) is 0.872. The van der Waals surface area contributed by atoms with Crippen LogP contribution in [0.15, 0.2) is 18.3 Å². The summed E-state index contributed by atoms with van der Waals surface area (Å²) in [6, 6.07) is 3.37. The molecule has 6 nitrogen and oxygen atoms in total. The number of carboxylic acid groups (broad SMARTS) is 1. The maximum Gasteiger partial charge on any atom is 0.309 e. The van der Waals surface area contributed by atoms with Crippen molar-refractivity contribution in [2.24, 2.45) is 11.1 Å². The Kier molecular flexibility index (Phi) is 3.42. The molecule has 0 unspecified atom stereocenters. The molecular formula is C13H17N3O3. The van der Waals surface area contributed by atoms with Gasteiger partial charge < -0.3 is 15.7 Å². The average molecular weight is 263 g/mol. The first-order valence-electron chi connectivity index (χ1n) is 6.16. The second kappa shape index (κ2) is 4.87. The van der Waals surface area contributed by atoms with E-state index in [-0.39, 0.29) is 0 Å². The topological polar surface area (TPSA) is 96.5 Å². The molecule has 0 saturated carbocycles. The van der Waals surface area contributed by atoms with Crippen LogP contribution < -0.4 is 10.6 Å². The Morgan fingerprint density at radius 3 is 2.42 bits per heavy atom. The van der Waals surface area contributed by atoms with Gasteiger partial charge in [-0.2, -0.15) is 0 Å². The molecule has 0 bridgehead atoms. The Balaban J connectivity index is 2.05. The van der Waals surface area contributed by atoms with Gasteiger partial charge in [-0.3, -0.25) is 9.59 Å². The van der Waals surface area contributed by atoms with Crippen molar-refractivity contribution in [1.29, 1.82) is 0 Å². The Labute approximate surface area is 111 Å². The first-order chi connectivity index (χ1) is 8.92. The number of anilines is 1. The van der Waals surface area contributed by atoms with Gasteiger partial charge in [-0.15, -0.1) is 0 Å². The fourth-order valence-electron chi connectivity index (χ4n) is 2.16. The Bertz CT molecular complexity index is 490. The van der Waals surface area contributed by atoms with Crippen molar-refractivity contribution in [1.82, 2.24) is 4.98 Å². The number of hydrogen-bond donors (Lipinski definition) is 2. The molecular weight excluding hydrogens is 246 g/mol. The zero-order valence-electron chi connectivity index (χ0n) is 10.8. The van der Waals surface area contributed by atoms with E-state index in [1.54, 1.807) is 19.1 Å². The monoisotopic (exact) mass is 263 g/mol. The second-order valence-corrected chi connectivity index (χ2v) is 5.12. The fourth-order valence-corrected chi connectivity index (χ4v) is 2.16. The molecule has 102 valence electrons. The van der Waals surface area contributed by atoms with Crippen LogP contribution in [-0.2, 0) is 4.79 Å². The Hall–Kier alpha value is -2.11. The number of nitrogens with two attached hydrogens (primary N) is 1. The fraction of sp³-hybridized carbons (Fsp3) is 0.462. The minimum absolute atomic E-state index is 0.371. The smallest absolute Gasteiger partial charge is 0.309 e. The number of primary amides is 1. The first kappa shape index (κ1) is 13.3. The van der Waals surface area contributed by atoms with Gasteiger partial charge in [0.25, 0.3) is 0 Å². The van der Waals surface area contributed by atoms with Crippen LogP contribution in [0.5, 0.6) is 0 Å². The summed E-state index contributed by atoms with van der Waals surface area (Å²) >= 11 is 0. The van der Waals surface area contributed by atoms with Crippen LogP contribution in [-0.4, -0.2) is 35.1 Å². The van der Waals surface area contributed by atoms with Gasteiger partial charge >= 0.3 is 5.97 Å². The first-order valence-corrected chi connectivity index (χ1v) is 6.16. The standard InChI is InChI=1S/C13H17N3O3/c1-13(12(18)19)4-6-16(7-5-13)10-3-2-9(8-15-10)11(14)17/h2-3,8H,4-7H2,1H3,(H2,14,17)(H,18,19). The quantitative estimate of drug-likeness (QED) is 0.843. The summed E-state index contributed by atoms with van der Waals surface area (Å²) in [7, 11) is 0. The Morgan fingerprint density at radius 2 is 2.00 bits per heavy atom. The van der Waals surface area contributed by atoms with Crippen LogP contribution in [0.25, 0.3) is 0 Å². The number of piperidine rings is 1. The van der Waals surface area contributed by atoms with E-state index < -0.39 is 17.3 Å². The molecule has 2 heterocycles. The van der Waals surface area contributed by atoms with Gasteiger partial charge in [0.2, 0.25) is 5.91 Å². The van der Waals surface area contributed by atoms with E-state index >= 15 is 0 Å². The summed E-state index contributed by atoms with van der Waals surface area (Å²) in [5.41, 5.74) is 4.88. The number of amides is 1. The minimum Gasteiger partial charge on any atom is -0.481 e. The highest BCUT2D eigenvalue weighted by molar-refractivity contribution is 5.92. The van der Waals surface area contributed by atoms with E-state index in [9.17, 15) is 9.59 Å². The molecule has 6 heteroatoms. The van der Waals surface area contributed by atoms with Gasteiger partial charge in [-0.1, -0.05) is 0 Å². The molecule has 1 aromatic rings. The van der Waals surface area contributed by atoms with Crippen molar-refractivity contribution < 1.29 is 14.7 Å². The number of hydrogen-bond acceptors (Lipinski definition) is 4. The van der Waals surface area contributed by atoms with E-state index in [0.717, 1.165) is 5.82 Å². The predicted molar refractivity (Wildman–Crippen MR) is 69.9 cm³/mol. The van der Waals surface area contributed by atoms with Gasteiger partial charge in [0.1, 0.15) is 5.82 Å². The van der Waals surface area contributed by atoms with E-state index in [1.807, 2.05) is 4.90 Å². The number of aliphatic carboxylic acids is 1. The van der Waals surface area contributed by atoms with Crippen LogP contribution in [0.2, 0.25) is 0 Å². The molecule has 1 fully saturated rings. The third kappa shape index (κ3) is 2.67. The molecule has 1 saturated heterocycles. The number of rotatable bonds is 3. The molecule has 2 rings (SSSR count). The van der Waals surface area contributed by atoms with Crippen LogP contribution in [0, 0.1) is 5.41 Å². The van der Waals surface area contributed by atoms with E-state index in [0.29, 0.717) is 31.5 Å². The zero-order valence-corrected chi connectivity index (χ0v) is 10.8. The summed E-state index contributed by atoms with van der Waals surface area (Å²) < 4.78 is 0. The maximum atomic E-state index is 11.2. The van der Waals surface area contributed by atoms with Crippen LogP contribution in [0.1, 0.15) is 30.1 Å². The molecule has 1 aromatic heterocycles. The van der Waals surface area contributed by atoms with E-state index in [1.165, 1.54) is 6.20 Å². The Morgan fingerprint density at radius 1 is 1.37 bits per heavy atom. The minimum atomic E-state index is -0.746. The normalized spacial score (nSPS) is 18.1. The average Bonchev–Trinajstić information content (AvgIpc) is 2.39. The van der Waals surface area contributed by atoms with Crippen molar-refractivity contribution in [2.45, 2.75) is 19.8 Å². The number of carbonyl (C=O) groups excluding carboxylic acids is 1. The van der Waals surface area contributed by atoms with Crippen molar-refractivity contribution in [2.75, 3.05) is 18.0 Å². The number of carbonyl (C=O) groups is 2. The number of nitrogens with zero attached hydrogens (tertiary/aromatic N) is 2. The molecule has 0 radical (unpaired) electrons. The highest BCUT2D eigenvalue weighted by atomic mass is 16.4. The third-order valence-electron chi connectivity index (χ3n) is 3.74. The molecule has 0 spiro atoms. The SMILES string of the molecule is CC1(C(=O)O)CCN(c2ccc(C(N)=O)cn2)CC1. The van der Waals surface area contributed by atoms with Crippen molar-refractivity contribution in [3.05, 3.63) is 23.9 Å². The molecule has 19 heavy (non-hydrogen) atoms. The molecule has 3 N–H and O–H groups in total. The highest BCUT2D eigenvalue weighted by Crippen LogP contribution is 2.32. The lowest BCUT2D eigenvalue weighted by Crippen LogP contribution is -2.43. The molecule has 1 aliphatic rings. The summed E-state index contributed by atoms with van der Waals surface area (Å²) in [6.07, 6.45) is 2.62. The molecule has 0 atom stereocenters.